The van der Waals surface area contributed by atoms with Crippen molar-refractivity contribution in [1.82, 2.24) is 9.97 Å². The van der Waals surface area contributed by atoms with E-state index in [1.807, 2.05) is 0 Å². The second-order valence-corrected chi connectivity index (χ2v) is 19.7. The van der Waals surface area contributed by atoms with Crippen LogP contribution >= 0.6 is 0 Å². The Hall–Kier alpha value is -6.92. The van der Waals surface area contributed by atoms with Gasteiger partial charge in [0.05, 0.1) is 33.3 Å². The molecule has 0 amide bonds. The molecule has 11 nitrogen and oxygen atoms in total. The minimum Gasteiger partial charge on any atom is -1.00 e. The maximum atomic E-state index is 11.5. The fourth-order valence-electron chi connectivity index (χ4n) is 9.83. The lowest BCUT2D eigenvalue weighted by Gasteiger charge is -2.26. The molecule has 0 atom stereocenters. The van der Waals surface area contributed by atoms with Gasteiger partial charge in [0, 0.05) is 90.4 Å². The van der Waals surface area contributed by atoms with Gasteiger partial charge in [-0.1, -0.05) is 95.3 Å². The maximum Gasteiger partial charge on any atom is 0.337 e. The number of halogens is 1. The first kappa shape index (κ1) is 56.0. The molecule has 0 unspecified atom stereocenters. The standard InChI is InChI=1S/C37H41N3O2.C14H20N.C9H7NO4.BrH/c1-7-23-39-31-15-11-9-13-28(31)36(3,4)33(39)21-18-26(30-20-17-27(25-38-30)35(41)42)19-22-34-37(5,6)29-14-10-12-16-32(29)40(34)24-8-2;1-5-10-15-11(2)14(3,4)12-8-6-7-9-13(12)15;11-4-7(5-12)8-2-1-6(3-10-8)9(13)14;/h9-22,25H,7-8,23-24H2,1-6H3;6-9H,5,10H2,1-4H3;1-5,7H,(H,13,14);1H/q;+1;;. The third-order valence-corrected chi connectivity index (χ3v) is 13.9. The van der Waals surface area contributed by atoms with Crippen LogP contribution in [0.25, 0.3) is 5.57 Å². The Bertz CT molecular complexity index is 2940. The smallest absolute Gasteiger partial charge is 0.337 e. The molecule has 0 bridgehead atoms. The van der Waals surface area contributed by atoms with Crippen LogP contribution in [0.4, 0.5) is 17.1 Å². The van der Waals surface area contributed by atoms with E-state index in [4.69, 9.17) is 5.11 Å². The van der Waals surface area contributed by atoms with Crippen LogP contribution in [0.1, 0.15) is 143 Å². The van der Waals surface area contributed by atoms with Crippen molar-refractivity contribution in [1.29, 1.82) is 0 Å². The minimum atomic E-state index is -1.10. The number of allylic oxidation sites excluding steroid dienone is 6. The van der Waals surface area contributed by atoms with E-state index in [9.17, 15) is 24.3 Å². The summed E-state index contributed by atoms with van der Waals surface area (Å²) in [6, 6.07) is 32.2. The van der Waals surface area contributed by atoms with E-state index in [0.717, 1.165) is 49.9 Å². The predicted octanol–water partition coefficient (Wildman–Crippen LogP) is 9.06. The summed E-state index contributed by atoms with van der Waals surface area (Å²) in [4.78, 5) is 53.4. The van der Waals surface area contributed by atoms with Crippen LogP contribution in [-0.2, 0) is 25.8 Å². The van der Waals surface area contributed by atoms with Crippen molar-refractivity contribution in [2.24, 2.45) is 0 Å². The molecule has 3 aliphatic rings. The number of hydrogen-bond donors (Lipinski definition) is 2. The lowest BCUT2D eigenvalue weighted by atomic mass is 9.81. The van der Waals surface area contributed by atoms with Gasteiger partial charge in [-0.2, -0.15) is 9.15 Å². The number of rotatable bonds is 15. The monoisotopic (exact) mass is 1030 g/mol. The fourth-order valence-corrected chi connectivity index (χ4v) is 9.83. The highest BCUT2D eigenvalue weighted by Crippen LogP contribution is 2.48. The summed E-state index contributed by atoms with van der Waals surface area (Å²) in [5, 5.41) is 18.0. The van der Waals surface area contributed by atoms with Gasteiger partial charge in [0.2, 0.25) is 11.4 Å². The van der Waals surface area contributed by atoms with Gasteiger partial charge >= 0.3 is 11.9 Å². The van der Waals surface area contributed by atoms with Crippen LogP contribution in [0.3, 0.4) is 0 Å². The number of anilines is 1. The SMILES string of the molecule is CCCN1/C(=C/C=C(/C=C/C2=[N+](CCC)c3ccccc3C2(C)C)c2ccc(C(=O)O)cn2)C(C)(C)c2ccccc21.CCC[N+]1=C(C)C(C)(C)c2ccccc21.O=CC(C=O)c1ccc(C(=O)O)cn1.[Br-]. The molecule has 5 aromatic rings. The quantitative estimate of drug-likeness (QED) is 0.0455. The number of carbonyl (C=O) groups excluding carboxylic acids is 2. The number of aromatic carboxylic acids is 2. The molecular weight excluding hydrogens is 967 g/mol. The molecule has 0 saturated carbocycles. The predicted molar refractivity (Wildman–Crippen MR) is 284 cm³/mol. The van der Waals surface area contributed by atoms with Crippen molar-refractivity contribution in [2.45, 2.75) is 111 Å². The van der Waals surface area contributed by atoms with Crippen LogP contribution < -0.4 is 21.9 Å². The highest BCUT2D eigenvalue weighted by atomic mass is 79.9. The summed E-state index contributed by atoms with van der Waals surface area (Å²) in [6.45, 7) is 25.7. The van der Waals surface area contributed by atoms with Crippen LogP contribution in [-0.4, -0.2) is 84.9 Å². The Balaban J connectivity index is 0.000000260. The second kappa shape index (κ2) is 24.0. The Kier molecular flexibility index (Phi) is 18.7. The number of aldehydes is 2. The van der Waals surface area contributed by atoms with Crippen molar-refractivity contribution >= 4 is 58.6 Å². The third kappa shape index (κ3) is 11.5. The van der Waals surface area contributed by atoms with E-state index in [1.54, 1.807) is 12.1 Å². The molecule has 0 aliphatic carbocycles. The van der Waals surface area contributed by atoms with Crippen molar-refractivity contribution in [3.05, 3.63) is 179 Å². The average molecular weight is 1040 g/mol. The van der Waals surface area contributed by atoms with Gasteiger partial charge in [0.15, 0.2) is 11.4 Å². The third-order valence-electron chi connectivity index (χ3n) is 13.9. The number of fused-ring (bicyclic) bond motifs is 3. The molecule has 12 heteroatoms. The first-order valence-electron chi connectivity index (χ1n) is 24.6. The molecule has 72 heavy (non-hydrogen) atoms. The zero-order valence-corrected chi connectivity index (χ0v) is 44.9. The first-order valence-corrected chi connectivity index (χ1v) is 24.6. The van der Waals surface area contributed by atoms with Gasteiger partial charge in [0.1, 0.15) is 31.6 Å². The van der Waals surface area contributed by atoms with Gasteiger partial charge in [0.25, 0.3) is 0 Å². The van der Waals surface area contributed by atoms with Crippen LogP contribution in [0.15, 0.2) is 139 Å². The van der Waals surface area contributed by atoms with E-state index in [2.05, 4.69) is 190 Å². The molecule has 0 saturated heterocycles. The van der Waals surface area contributed by atoms with E-state index in [0.29, 0.717) is 12.6 Å². The molecule has 3 aromatic carbocycles. The number of para-hydroxylation sites is 3. The summed E-state index contributed by atoms with van der Waals surface area (Å²) in [5.41, 5.74) is 14.0. The number of carbonyl (C=O) groups is 4. The maximum absolute atomic E-state index is 11.5. The summed E-state index contributed by atoms with van der Waals surface area (Å²) in [5.74, 6) is -3.00. The Morgan fingerprint density at radius 2 is 1.18 bits per heavy atom. The second-order valence-electron chi connectivity index (χ2n) is 19.7. The van der Waals surface area contributed by atoms with Crippen LogP contribution in [0, 0.1) is 0 Å². The molecule has 2 N–H and O–H groups in total. The van der Waals surface area contributed by atoms with E-state index in [-0.39, 0.29) is 50.0 Å². The summed E-state index contributed by atoms with van der Waals surface area (Å²) < 4.78 is 4.90. The van der Waals surface area contributed by atoms with Gasteiger partial charge in [-0.25, -0.2) is 9.59 Å². The van der Waals surface area contributed by atoms with Gasteiger partial charge < -0.3 is 41.7 Å². The molecule has 0 spiro atoms. The molecule has 376 valence electrons. The summed E-state index contributed by atoms with van der Waals surface area (Å²) in [7, 11) is 0. The molecule has 0 radical (unpaired) electrons. The number of nitrogens with zero attached hydrogens (tertiary/aromatic N) is 5. The van der Waals surface area contributed by atoms with Crippen molar-refractivity contribution in [3.63, 3.8) is 0 Å². The number of pyridine rings is 2. The van der Waals surface area contributed by atoms with Crippen LogP contribution in [0.2, 0.25) is 0 Å². The molecular formula is C60H69BrN5O6+. The number of hydrogen-bond acceptors (Lipinski definition) is 7. The minimum absolute atomic E-state index is 0. The van der Waals surface area contributed by atoms with E-state index >= 15 is 0 Å². The molecule has 3 aliphatic heterocycles. The Morgan fingerprint density at radius 1 is 0.653 bits per heavy atom. The molecule has 8 rings (SSSR count). The van der Waals surface area contributed by atoms with Crippen LogP contribution in [0.5, 0.6) is 0 Å². The average Bonchev–Trinajstić information content (AvgIpc) is 3.80. The highest BCUT2D eigenvalue weighted by molar-refractivity contribution is 6.04. The largest absolute Gasteiger partial charge is 1.00 e. The summed E-state index contributed by atoms with van der Waals surface area (Å²) >= 11 is 0. The van der Waals surface area contributed by atoms with Gasteiger partial charge in [-0.15, -0.1) is 0 Å². The van der Waals surface area contributed by atoms with Gasteiger partial charge in [-0.05, 0) is 82.2 Å². The van der Waals surface area contributed by atoms with Crippen molar-refractivity contribution < 1.29 is 55.5 Å². The number of carboxylic acid groups (broad SMARTS) is 2. The Labute approximate surface area is 435 Å². The lowest BCUT2D eigenvalue weighted by Crippen LogP contribution is -3.00. The Morgan fingerprint density at radius 3 is 1.71 bits per heavy atom. The fraction of sp³-hybridized carbons (Fsp3) is 0.333. The topological polar surface area (TPSA) is 144 Å². The van der Waals surface area contributed by atoms with E-state index in [1.165, 1.54) is 75.6 Å². The normalized spacial score (nSPS) is 16.3. The highest BCUT2D eigenvalue weighted by Gasteiger charge is 2.44. The van der Waals surface area contributed by atoms with E-state index < -0.39 is 17.9 Å². The lowest BCUT2D eigenvalue weighted by molar-refractivity contribution is -0.439. The number of benzene rings is 3. The van der Waals surface area contributed by atoms with Gasteiger partial charge in [-0.3, -0.25) is 9.97 Å². The van der Waals surface area contributed by atoms with Crippen molar-refractivity contribution in [2.75, 3.05) is 24.5 Å². The summed E-state index contributed by atoms with van der Waals surface area (Å²) in [6.07, 6.45) is 15.5. The molecule has 5 heterocycles. The molecule has 0 fully saturated rings. The molecule has 2 aromatic heterocycles. The van der Waals surface area contributed by atoms with Crippen molar-refractivity contribution in [3.8, 4) is 0 Å². The first-order chi connectivity index (χ1) is 33.9. The zero-order valence-electron chi connectivity index (χ0n) is 43.3. The number of carboxylic acids is 2. The number of aromatic nitrogens is 2. The zero-order chi connectivity index (χ0) is 51.7.